The summed E-state index contributed by atoms with van der Waals surface area (Å²) in [4.78, 5) is 11.5. The number of carbonyl (C=O) groups excluding carboxylic acids is 1. The number of rotatable bonds is 2. The molecular formula is C10H8BrCl2NO3S. The minimum atomic E-state index is -4.11. The summed E-state index contributed by atoms with van der Waals surface area (Å²) in [5.41, 5.74) is -0.466. The Balaban J connectivity index is 2.53. The Morgan fingerprint density at radius 3 is 2.50 bits per heavy atom. The second-order valence-electron chi connectivity index (χ2n) is 4.18. The van der Waals surface area contributed by atoms with Crippen molar-refractivity contribution in [1.82, 2.24) is 4.31 Å². The van der Waals surface area contributed by atoms with Crippen LogP contribution in [0.25, 0.3) is 0 Å². The first-order valence-electron chi connectivity index (χ1n) is 4.89. The van der Waals surface area contributed by atoms with Crippen LogP contribution in [0.1, 0.15) is 18.9 Å². The van der Waals surface area contributed by atoms with Gasteiger partial charge in [-0.2, -0.15) is 8.42 Å². The van der Waals surface area contributed by atoms with E-state index in [1.165, 1.54) is 0 Å². The lowest BCUT2D eigenvalue weighted by molar-refractivity contribution is -0.144. The highest BCUT2D eigenvalue weighted by Crippen LogP contribution is 2.46. The van der Waals surface area contributed by atoms with E-state index in [9.17, 15) is 13.2 Å². The highest BCUT2D eigenvalue weighted by atomic mass is 79.9. The van der Waals surface area contributed by atoms with Gasteiger partial charge in [0, 0.05) is 20.2 Å². The lowest BCUT2D eigenvalue weighted by atomic mass is 9.82. The molecule has 8 heteroatoms. The number of carbonyl (C=O) groups is 1. The Kier molecular flexibility index (Phi) is 3.43. The Labute approximate surface area is 123 Å². The molecule has 0 saturated carbocycles. The molecule has 0 spiro atoms. The average molecular weight is 373 g/mol. The minimum absolute atomic E-state index is 0.0559. The third-order valence-electron chi connectivity index (χ3n) is 2.90. The van der Waals surface area contributed by atoms with E-state index < -0.39 is 20.7 Å². The molecule has 18 heavy (non-hydrogen) atoms. The van der Waals surface area contributed by atoms with E-state index in [0.717, 1.165) is 4.47 Å². The van der Waals surface area contributed by atoms with Gasteiger partial charge in [-0.25, -0.2) is 4.31 Å². The number of amides is 1. The maximum atomic E-state index is 11.5. The van der Waals surface area contributed by atoms with Crippen LogP contribution in [0.4, 0.5) is 0 Å². The van der Waals surface area contributed by atoms with Gasteiger partial charge in [-0.15, -0.1) is 0 Å². The van der Waals surface area contributed by atoms with E-state index in [0.29, 0.717) is 14.9 Å². The van der Waals surface area contributed by atoms with Crippen LogP contribution in [0.3, 0.4) is 0 Å². The molecular weight excluding hydrogens is 365 g/mol. The fourth-order valence-corrected chi connectivity index (χ4v) is 4.63. The van der Waals surface area contributed by atoms with E-state index >= 15 is 0 Å². The summed E-state index contributed by atoms with van der Waals surface area (Å²) in [7, 11) is 1.16. The Morgan fingerprint density at radius 2 is 2.06 bits per heavy atom. The number of benzene rings is 1. The molecule has 1 aliphatic rings. The zero-order valence-corrected chi connectivity index (χ0v) is 13.1. The maximum Gasteiger partial charge on any atom is 0.324 e. The van der Waals surface area contributed by atoms with Gasteiger partial charge in [0.15, 0.2) is 0 Å². The molecule has 4 nitrogen and oxygen atoms in total. The largest absolute Gasteiger partial charge is 0.324 e. The van der Waals surface area contributed by atoms with Gasteiger partial charge < -0.3 is 0 Å². The normalized spacial score (nSPS) is 24.0. The Hall–Kier alpha value is -0.300. The summed E-state index contributed by atoms with van der Waals surface area (Å²) in [5.74, 6) is -0.536. The van der Waals surface area contributed by atoms with Gasteiger partial charge in [0.05, 0.1) is 12.0 Å². The minimum Gasteiger partial charge on any atom is -0.274 e. The Bertz CT molecular complexity index is 634. The van der Waals surface area contributed by atoms with Crippen molar-refractivity contribution >= 4 is 53.4 Å². The molecule has 0 aromatic heterocycles. The molecule has 1 atom stereocenters. The Morgan fingerprint density at radius 1 is 1.44 bits per heavy atom. The number of hydrogen-bond donors (Lipinski definition) is 0. The summed E-state index contributed by atoms with van der Waals surface area (Å²) in [6.07, 6.45) is 0.0559. The van der Waals surface area contributed by atoms with Gasteiger partial charge in [-0.05, 0) is 24.6 Å². The predicted molar refractivity (Wildman–Crippen MR) is 72.7 cm³/mol. The summed E-state index contributed by atoms with van der Waals surface area (Å²) in [6, 6.07) is 5.05. The third-order valence-corrected chi connectivity index (χ3v) is 5.16. The van der Waals surface area contributed by atoms with Crippen molar-refractivity contribution in [3.63, 3.8) is 0 Å². The van der Waals surface area contributed by atoms with Gasteiger partial charge >= 0.3 is 9.24 Å². The van der Waals surface area contributed by atoms with Gasteiger partial charge in [0.25, 0.3) is 0 Å². The molecule has 2 rings (SSSR count). The molecule has 1 amide bonds. The predicted octanol–water partition coefficient (Wildman–Crippen LogP) is 3.03. The second kappa shape index (κ2) is 4.37. The first kappa shape index (κ1) is 14.1. The van der Waals surface area contributed by atoms with Crippen molar-refractivity contribution in [2.75, 3.05) is 0 Å². The first-order valence-corrected chi connectivity index (χ1v) is 8.33. The van der Waals surface area contributed by atoms with Crippen molar-refractivity contribution in [1.29, 1.82) is 0 Å². The molecule has 98 valence electrons. The first-order chi connectivity index (χ1) is 8.16. The third kappa shape index (κ3) is 2.15. The lowest BCUT2D eigenvalue weighted by Gasteiger charge is -2.47. The van der Waals surface area contributed by atoms with Crippen LogP contribution in [0, 0.1) is 0 Å². The van der Waals surface area contributed by atoms with Crippen LogP contribution in [0.2, 0.25) is 5.02 Å². The molecule has 1 fully saturated rings. The molecule has 0 aliphatic carbocycles. The van der Waals surface area contributed by atoms with Crippen LogP contribution in [0.5, 0.6) is 0 Å². The van der Waals surface area contributed by atoms with Crippen molar-refractivity contribution in [2.24, 2.45) is 0 Å². The standard InChI is InChI=1S/C10H8BrCl2NO3S/c1-10(5-9(15)14(10)18(13,16)17)7-3-2-6(11)4-8(7)12/h2-4H,5H2,1H3. The highest BCUT2D eigenvalue weighted by molar-refractivity contribution is 9.10. The van der Waals surface area contributed by atoms with Crippen molar-refractivity contribution in [2.45, 2.75) is 18.9 Å². The van der Waals surface area contributed by atoms with Gasteiger partial charge in [0.2, 0.25) is 5.91 Å². The summed E-state index contributed by atoms with van der Waals surface area (Å²) >= 11 is 9.34. The van der Waals surface area contributed by atoms with Gasteiger partial charge in [0.1, 0.15) is 0 Å². The van der Waals surface area contributed by atoms with E-state index in [2.05, 4.69) is 15.9 Å². The fraction of sp³-hybridized carbons (Fsp3) is 0.300. The van der Waals surface area contributed by atoms with Crippen LogP contribution >= 0.6 is 38.2 Å². The number of nitrogens with zero attached hydrogens (tertiary/aromatic N) is 1. The van der Waals surface area contributed by atoms with E-state index in [4.69, 9.17) is 22.3 Å². The quantitative estimate of drug-likeness (QED) is 0.592. The number of halogens is 3. The van der Waals surface area contributed by atoms with E-state index in [1.807, 2.05) is 0 Å². The molecule has 1 unspecified atom stereocenters. The van der Waals surface area contributed by atoms with Gasteiger partial charge in [-0.1, -0.05) is 33.6 Å². The van der Waals surface area contributed by atoms with Crippen LogP contribution in [-0.4, -0.2) is 18.6 Å². The van der Waals surface area contributed by atoms with Crippen LogP contribution in [-0.2, 0) is 19.6 Å². The smallest absolute Gasteiger partial charge is 0.274 e. The molecule has 0 bridgehead atoms. The number of β-lactam (4-membered cyclic amide) rings is 1. The molecule has 0 N–H and O–H groups in total. The molecule has 1 aliphatic heterocycles. The maximum absolute atomic E-state index is 11.5. The van der Waals surface area contributed by atoms with E-state index in [1.54, 1.807) is 25.1 Å². The summed E-state index contributed by atoms with van der Waals surface area (Å²) < 4.78 is 24.3. The fourth-order valence-electron chi connectivity index (χ4n) is 2.12. The average Bonchev–Trinajstić information content (AvgIpc) is 2.12. The topological polar surface area (TPSA) is 54.5 Å². The zero-order valence-electron chi connectivity index (χ0n) is 9.15. The summed E-state index contributed by atoms with van der Waals surface area (Å²) in [6.45, 7) is 1.61. The van der Waals surface area contributed by atoms with Crippen molar-refractivity contribution < 1.29 is 13.2 Å². The highest BCUT2D eigenvalue weighted by Gasteiger charge is 2.55. The molecule has 0 radical (unpaired) electrons. The molecule has 1 saturated heterocycles. The lowest BCUT2D eigenvalue weighted by Crippen LogP contribution is -2.60. The SMILES string of the molecule is CC1(c2ccc(Br)cc2Cl)CC(=O)N1S(=O)(=O)Cl. The second-order valence-corrected chi connectivity index (χ2v) is 7.86. The molecule has 1 aromatic rings. The molecule has 1 heterocycles. The van der Waals surface area contributed by atoms with Gasteiger partial charge in [-0.3, -0.25) is 4.79 Å². The van der Waals surface area contributed by atoms with Crippen molar-refractivity contribution in [3.05, 3.63) is 33.3 Å². The summed E-state index contributed by atoms with van der Waals surface area (Å²) in [5, 5.41) is 0.379. The van der Waals surface area contributed by atoms with Crippen LogP contribution < -0.4 is 0 Å². The molecule has 1 aromatic carbocycles. The van der Waals surface area contributed by atoms with Crippen molar-refractivity contribution in [3.8, 4) is 0 Å². The van der Waals surface area contributed by atoms with E-state index in [-0.39, 0.29) is 6.42 Å². The monoisotopic (exact) mass is 371 g/mol. The van der Waals surface area contributed by atoms with Crippen LogP contribution in [0.15, 0.2) is 22.7 Å². The number of hydrogen-bond acceptors (Lipinski definition) is 3. The zero-order chi connectivity index (χ0) is 13.7.